The van der Waals surface area contributed by atoms with Crippen LogP contribution >= 0.6 is 0 Å². The van der Waals surface area contributed by atoms with Crippen molar-refractivity contribution in [2.24, 2.45) is 0 Å². The summed E-state index contributed by atoms with van der Waals surface area (Å²) < 4.78 is 0. The second kappa shape index (κ2) is 8.42. The van der Waals surface area contributed by atoms with Crippen LogP contribution in [0.4, 0.5) is 5.69 Å². The second-order valence-corrected chi connectivity index (χ2v) is 5.27. The normalized spacial score (nSPS) is 11.8. The van der Waals surface area contributed by atoms with Gasteiger partial charge in [-0.3, -0.25) is 9.59 Å². The largest absolute Gasteiger partial charge is 0.342 e. The second-order valence-electron chi connectivity index (χ2n) is 5.27. The number of anilines is 1. The Morgan fingerprint density at radius 3 is 2.57 bits per heavy atom. The summed E-state index contributed by atoms with van der Waals surface area (Å²) in [5, 5.41) is 6.05. The average molecular weight is 291 g/mol. The van der Waals surface area contributed by atoms with Crippen molar-refractivity contribution < 1.29 is 9.59 Å². The van der Waals surface area contributed by atoms with E-state index in [2.05, 4.69) is 17.6 Å². The predicted molar refractivity (Wildman–Crippen MR) is 85.0 cm³/mol. The zero-order valence-electron chi connectivity index (χ0n) is 13.3. The molecule has 0 aromatic heterocycles. The number of benzene rings is 1. The van der Waals surface area contributed by atoms with E-state index in [0.717, 1.165) is 17.7 Å². The SMILES string of the molecule is CCC(C)NCC(=O)Nc1ccccc1CN(C)C(C)=O. The standard InChI is InChI=1S/C16H25N3O2/c1-5-12(2)17-10-16(21)18-15-9-7-6-8-14(15)11-19(4)13(3)20/h6-9,12,17H,5,10-11H2,1-4H3,(H,18,21). The highest BCUT2D eigenvalue weighted by Crippen LogP contribution is 2.16. The maximum absolute atomic E-state index is 12.0. The Bertz CT molecular complexity index is 488. The van der Waals surface area contributed by atoms with Gasteiger partial charge in [0.05, 0.1) is 6.54 Å². The Morgan fingerprint density at radius 1 is 1.29 bits per heavy atom. The fraction of sp³-hybridized carbons (Fsp3) is 0.500. The molecule has 116 valence electrons. The number of nitrogens with zero attached hydrogens (tertiary/aromatic N) is 1. The summed E-state index contributed by atoms with van der Waals surface area (Å²) in [7, 11) is 1.74. The zero-order chi connectivity index (χ0) is 15.8. The smallest absolute Gasteiger partial charge is 0.238 e. The molecule has 0 spiro atoms. The Kier molecular flexibility index (Phi) is 6.88. The number of amides is 2. The zero-order valence-corrected chi connectivity index (χ0v) is 13.3. The molecule has 2 N–H and O–H groups in total. The molecule has 1 aromatic rings. The maximum atomic E-state index is 12.0. The van der Waals surface area contributed by atoms with Crippen molar-refractivity contribution in [2.75, 3.05) is 18.9 Å². The van der Waals surface area contributed by atoms with Crippen molar-refractivity contribution in [2.45, 2.75) is 39.8 Å². The highest BCUT2D eigenvalue weighted by Gasteiger charge is 2.10. The maximum Gasteiger partial charge on any atom is 0.238 e. The van der Waals surface area contributed by atoms with Gasteiger partial charge in [-0.1, -0.05) is 25.1 Å². The van der Waals surface area contributed by atoms with Crippen molar-refractivity contribution in [3.63, 3.8) is 0 Å². The van der Waals surface area contributed by atoms with Gasteiger partial charge in [0.25, 0.3) is 0 Å². The van der Waals surface area contributed by atoms with Crippen molar-refractivity contribution in [3.05, 3.63) is 29.8 Å². The quantitative estimate of drug-likeness (QED) is 0.807. The summed E-state index contributed by atoms with van der Waals surface area (Å²) >= 11 is 0. The van der Waals surface area contributed by atoms with Gasteiger partial charge >= 0.3 is 0 Å². The molecule has 0 aliphatic heterocycles. The van der Waals surface area contributed by atoms with Gasteiger partial charge in [0.15, 0.2) is 0 Å². The van der Waals surface area contributed by atoms with E-state index in [1.807, 2.05) is 31.2 Å². The number of rotatable bonds is 7. The van der Waals surface area contributed by atoms with Crippen molar-refractivity contribution in [3.8, 4) is 0 Å². The molecule has 1 atom stereocenters. The van der Waals surface area contributed by atoms with E-state index in [-0.39, 0.29) is 18.4 Å². The molecule has 0 saturated carbocycles. The average Bonchev–Trinajstić information content (AvgIpc) is 2.46. The number of para-hydroxylation sites is 1. The molecular weight excluding hydrogens is 266 g/mol. The summed E-state index contributed by atoms with van der Waals surface area (Å²) in [6, 6.07) is 7.85. The van der Waals surface area contributed by atoms with Crippen molar-refractivity contribution in [1.82, 2.24) is 10.2 Å². The lowest BCUT2D eigenvalue weighted by Gasteiger charge is -2.18. The first-order valence-corrected chi connectivity index (χ1v) is 7.26. The third-order valence-electron chi connectivity index (χ3n) is 3.46. The van der Waals surface area contributed by atoms with Crippen LogP contribution in [-0.4, -0.2) is 36.3 Å². The molecule has 0 aliphatic rings. The minimum Gasteiger partial charge on any atom is -0.342 e. The van der Waals surface area contributed by atoms with Crippen LogP contribution in [0.5, 0.6) is 0 Å². The van der Waals surface area contributed by atoms with Crippen LogP contribution in [0.2, 0.25) is 0 Å². The molecule has 1 rings (SSSR count). The van der Waals surface area contributed by atoms with Crippen LogP contribution in [0, 0.1) is 0 Å². The Morgan fingerprint density at radius 2 is 1.95 bits per heavy atom. The van der Waals surface area contributed by atoms with E-state index < -0.39 is 0 Å². The molecule has 5 nitrogen and oxygen atoms in total. The molecule has 2 amide bonds. The lowest BCUT2D eigenvalue weighted by atomic mass is 10.1. The molecule has 0 radical (unpaired) electrons. The number of nitrogens with one attached hydrogen (secondary N) is 2. The Labute approximate surface area is 126 Å². The number of hydrogen-bond acceptors (Lipinski definition) is 3. The monoisotopic (exact) mass is 291 g/mol. The van der Waals surface area contributed by atoms with Gasteiger partial charge in [-0.05, 0) is 25.0 Å². The first-order chi connectivity index (χ1) is 9.93. The third-order valence-corrected chi connectivity index (χ3v) is 3.46. The lowest BCUT2D eigenvalue weighted by molar-refractivity contribution is -0.128. The van der Waals surface area contributed by atoms with Crippen LogP contribution in [0.3, 0.4) is 0 Å². The topological polar surface area (TPSA) is 61.4 Å². The molecular formula is C16H25N3O2. The summed E-state index contributed by atoms with van der Waals surface area (Å²) in [4.78, 5) is 24.9. The third kappa shape index (κ3) is 5.95. The fourth-order valence-corrected chi connectivity index (χ4v) is 1.75. The summed E-state index contributed by atoms with van der Waals surface area (Å²) in [5.41, 5.74) is 1.67. The molecule has 0 aliphatic carbocycles. The van der Waals surface area contributed by atoms with E-state index >= 15 is 0 Å². The molecule has 0 fully saturated rings. The minimum absolute atomic E-state index is 0.00503. The number of carbonyl (C=O) groups is 2. The number of carbonyl (C=O) groups excluding carboxylic acids is 2. The van der Waals surface area contributed by atoms with E-state index in [1.165, 1.54) is 6.92 Å². The van der Waals surface area contributed by atoms with Crippen molar-refractivity contribution in [1.29, 1.82) is 0 Å². The molecule has 1 unspecified atom stereocenters. The van der Waals surface area contributed by atoms with E-state index in [4.69, 9.17) is 0 Å². The minimum atomic E-state index is -0.0757. The van der Waals surface area contributed by atoms with E-state index in [0.29, 0.717) is 12.6 Å². The number of hydrogen-bond donors (Lipinski definition) is 2. The van der Waals surface area contributed by atoms with E-state index in [9.17, 15) is 9.59 Å². The highest BCUT2D eigenvalue weighted by molar-refractivity contribution is 5.93. The van der Waals surface area contributed by atoms with Gasteiger partial charge in [0.1, 0.15) is 0 Å². The van der Waals surface area contributed by atoms with Gasteiger partial charge < -0.3 is 15.5 Å². The molecule has 5 heteroatoms. The molecule has 0 heterocycles. The van der Waals surface area contributed by atoms with Gasteiger partial charge in [-0.15, -0.1) is 0 Å². The van der Waals surface area contributed by atoms with Crippen LogP contribution in [0.15, 0.2) is 24.3 Å². The van der Waals surface area contributed by atoms with Crippen LogP contribution in [-0.2, 0) is 16.1 Å². The predicted octanol–water partition coefficient (Wildman–Crippen LogP) is 1.99. The van der Waals surface area contributed by atoms with E-state index in [1.54, 1.807) is 11.9 Å². The summed E-state index contributed by atoms with van der Waals surface area (Å²) in [6.07, 6.45) is 0.979. The van der Waals surface area contributed by atoms with Crippen molar-refractivity contribution >= 4 is 17.5 Å². The highest BCUT2D eigenvalue weighted by atomic mass is 16.2. The van der Waals surface area contributed by atoms with Gasteiger partial charge in [0.2, 0.25) is 11.8 Å². The van der Waals surface area contributed by atoms with Gasteiger partial charge in [-0.25, -0.2) is 0 Å². The Hall–Kier alpha value is -1.88. The van der Waals surface area contributed by atoms with Crippen LogP contribution in [0.1, 0.15) is 32.8 Å². The summed E-state index contributed by atoms with van der Waals surface area (Å²) in [6.45, 7) is 6.40. The lowest BCUT2D eigenvalue weighted by Crippen LogP contribution is -2.34. The molecule has 0 saturated heterocycles. The van der Waals surface area contributed by atoms with Gasteiger partial charge in [0, 0.05) is 32.2 Å². The van der Waals surface area contributed by atoms with Crippen LogP contribution < -0.4 is 10.6 Å². The fourth-order valence-electron chi connectivity index (χ4n) is 1.75. The first-order valence-electron chi connectivity index (χ1n) is 7.26. The first kappa shape index (κ1) is 17.2. The summed E-state index contributed by atoms with van der Waals surface area (Å²) in [5.74, 6) is -0.0807. The molecule has 1 aromatic carbocycles. The Balaban J connectivity index is 2.66. The van der Waals surface area contributed by atoms with Crippen LogP contribution in [0.25, 0.3) is 0 Å². The van der Waals surface area contributed by atoms with Gasteiger partial charge in [-0.2, -0.15) is 0 Å². The molecule has 0 bridgehead atoms. The molecule has 21 heavy (non-hydrogen) atoms.